The molecule has 0 aromatic rings. The van der Waals surface area contributed by atoms with Crippen molar-refractivity contribution in [2.24, 2.45) is 4.99 Å². The lowest BCUT2D eigenvalue weighted by atomic mass is 10.2. The molecule has 2 saturated heterocycles. The van der Waals surface area contributed by atoms with Crippen molar-refractivity contribution in [2.75, 3.05) is 65.5 Å². The fraction of sp³-hybridized carbons (Fsp3) is 0.938. The van der Waals surface area contributed by atoms with Gasteiger partial charge in [0.1, 0.15) is 0 Å². The van der Waals surface area contributed by atoms with E-state index in [4.69, 9.17) is 4.74 Å². The Morgan fingerprint density at radius 1 is 1.14 bits per heavy atom. The van der Waals surface area contributed by atoms with Crippen molar-refractivity contribution in [1.82, 2.24) is 20.4 Å². The zero-order valence-electron chi connectivity index (χ0n) is 14.3. The Hall–Kier alpha value is -0.850. The molecule has 2 heterocycles. The van der Waals surface area contributed by atoms with Crippen LogP contribution in [0.25, 0.3) is 0 Å². The van der Waals surface area contributed by atoms with Crippen molar-refractivity contribution in [3.8, 4) is 0 Å². The Kier molecular flexibility index (Phi) is 7.98. The number of hydrogen-bond donors (Lipinski definition) is 2. The summed E-state index contributed by atoms with van der Waals surface area (Å²) in [5, 5.41) is 6.76. The van der Waals surface area contributed by atoms with Crippen LogP contribution in [0.5, 0.6) is 0 Å². The molecule has 2 aliphatic heterocycles. The molecule has 0 aliphatic carbocycles. The average Bonchev–Trinajstić information content (AvgIpc) is 3.06. The van der Waals surface area contributed by atoms with Gasteiger partial charge in [-0.05, 0) is 26.3 Å². The standard InChI is InChI=1S/C16H33N5O/c1-3-17-16(19-14-15-6-5-13-22-15)18-7-8-21-11-9-20(4-2)10-12-21/h15H,3-14H2,1-2H3,(H2,17,18,19). The number of nitrogens with one attached hydrogen (secondary N) is 2. The van der Waals surface area contributed by atoms with Gasteiger partial charge < -0.3 is 20.3 Å². The van der Waals surface area contributed by atoms with Gasteiger partial charge in [-0.1, -0.05) is 6.92 Å². The minimum atomic E-state index is 0.317. The molecule has 128 valence electrons. The smallest absolute Gasteiger partial charge is 0.191 e. The Morgan fingerprint density at radius 2 is 1.91 bits per heavy atom. The van der Waals surface area contributed by atoms with Crippen molar-refractivity contribution >= 4 is 5.96 Å². The summed E-state index contributed by atoms with van der Waals surface area (Å²) in [5.41, 5.74) is 0. The second kappa shape index (κ2) is 10.0. The summed E-state index contributed by atoms with van der Waals surface area (Å²) in [6.45, 7) is 14.9. The van der Waals surface area contributed by atoms with Crippen LogP contribution in [-0.2, 0) is 4.74 Å². The highest BCUT2D eigenvalue weighted by Gasteiger charge is 2.16. The van der Waals surface area contributed by atoms with Gasteiger partial charge >= 0.3 is 0 Å². The van der Waals surface area contributed by atoms with Crippen LogP contribution in [0.3, 0.4) is 0 Å². The molecule has 2 fully saturated rings. The summed E-state index contributed by atoms with van der Waals surface area (Å²) in [7, 11) is 0. The van der Waals surface area contributed by atoms with E-state index in [2.05, 4.69) is 39.3 Å². The van der Waals surface area contributed by atoms with Gasteiger partial charge in [-0.25, -0.2) is 0 Å². The average molecular weight is 311 g/mol. The van der Waals surface area contributed by atoms with Gasteiger partial charge in [0.05, 0.1) is 12.6 Å². The fourth-order valence-corrected chi connectivity index (χ4v) is 2.98. The molecule has 1 unspecified atom stereocenters. The summed E-state index contributed by atoms with van der Waals surface area (Å²) in [5.74, 6) is 0.921. The topological polar surface area (TPSA) is 52.1 Å². The highest BCUT2D eigenvalue weighted by Crippen LogP contribution is 2.11. The summed E-state index contributed by atoms with van der Waals surface area (Å²) >= 11 is 0. The van der Waals surface area contributed by atoms with E-state index in [1.54, 1.807) is 0 Å². The van der Waals surface area contributed by atoms with Gasteiger partial charge in [-0.15, -0.1) is 0 Å². The Balaban J connectivity index is 1.64. The predicted molar refractivity (Wildman–Crippen MR) is 91.5 cm³/mol. The van der Waals surface area contributed by atoms with Crippen LogP contribution in [-0.4, -0.2) is 87.4 Å². The van der Waals surface area contributed by atoms with E-state index >= 15 is 0 Å². The number of likely N-dealkylation sites (N-methyl/N-ethyl adjacent to an activating group) is 1. The van der Waals surface area contributed by atoms with Gasteiger partial charge in [0.2, 0.25) is 0 Å². The molecule has 1 atom stereocenters. The maximum atomic E-state index is 5.63. The Morgan fingerprint density at radius 3 is 2.55 bits per heavy atom. The Bertz CT molecular complexity index is 322. The summed E-state index contributed by atoms with van der Waals surface area (Å²) in [4.78, 5) is 9.69. The molecule has 0 saturated carbocycles. The lowest BCUT2D eigenvalue weighted by Gasteiger charge is -2.34. The van der Waals surface area contributed by atoms with E-state index in [-0.39, 0.29) is 0 Å². The molecule has 6 heteroatoms. The van der Waals surface area contributed by atoms with Crippen LogP contribution in [0, 0.1) is 0 Å². The molecule has 0 bridgehead atoms. The molecule has 2 aliphatic rings. The van der Waals surface area contributed by atoms with Crippen molar-refractivity contribution < 1.29 is 4.74 Å². The molecule has 0 spiro atoms. The van der Waals surface area contributed by atoms with Crippen LogP contribution in [0.1, 0.15) is 26.7 Å². The normalized spacial score (nSPS) is 24.6. The van der Waals surface area contributed by atoms with Crippen molar-refractivity contribution in [1.29, 1.82) is 0 Å². The predicted octanol–water partition coefficient (Wildman–Crippen LogP) is 0.358. The maximum Gasteiger partial charge on any atom is 0.191 e. The molecule has 22 heavy (non-hydrogen) atoms. The van der Waals surface area contributed by atoms with Crippen molar-refractivity contribution in [2.45, 2.75) is 32.8 Å². The SMILES string of the molecule is CCNC(=NCC1CCCO1)NCCN1CCN(CC)CC1. The van der Waals surface area contributed by atoms with Gasteiger partial charge in [0.25, 0.3) is 0 Å². The van der Waals surface area contributed by atoms with Gasteiger partial charge in [-0.3, -0.25) is 9.89 Å². The van der Waals surface area contributed by atoms with Crippen LogP contribution >= 0.6 is 0 Å². The molecular weight excluding hydrogens is 278 g/mol. The number of aliphatic imine (C=N–C) groups is 1. The number of guanidine groups is 1. The lowest BCUT2D eigenvalue weighted by Crippen LogP contribution is -2.49. The number of ether oxygens (including phenoxy) is 1. The molecule has 0 aromatic heterocycles. The van der Waals surface area contributed by atoms with Crippen LogP contribution in [0.15, 0.2) is 4.99 Å². The lowest BCUT2D eigenvalue weighted by molar-refractivity contribution is 0.117. The van der Waals surface area contributed by atoms with Crippen LogP contribution < -0.4 is 10.6 Å². The fourth-order valence-electron chi connectivity index (χ4n) is 2.98. The molecule has 0 amide bonds. The third kappa shape index (κ3) is 6.10. The van der Waals surface area contributed by atoms with E-state index in [1.165, 1.54) is 39.1 Å². The van der Waals surface area contributed by atoms with Crippen molar-refractivity contribution in [3.05, 3.63) is 0 Å². The minimum absolute atomic E-state index is 0.317. The van der Waals surface area contributed by atoms with E-state index in [1.807, 2.05) is 0 Å². The second-order valence-electron chi connectivity index (χ2n) is 6.06. The monoisotopic (exact) mass is 311 g/mol. The highest BCUT2D eigenvalue weighted by molar-refractivity contribution is 5.79. The second-order valence-corrected chi connectivity index (χ2v) is 6.06. The van der Waals surface area contributed by atoms with Crippen molar-refractivity contribution in [3.63, 3.8) is 0 Å². The highest BCUT2D eigenvalue weighted by atomic mass is 16.5. The first kappa shape index (κ1) is 17.5. The number of nitrogens with zero attached hydrogens (tertiary/aromatic N) is 3. The molecule has 2 rings (SSSR count). The van der Waals surface area contributed by atoms with Crippen LogP contribution in [0.4, 0.5) is 0 Å². The summed E-state index contributed by atoms with van der Waals surface area (Å²) in [6.07, 6.45) is 2.64. The van der Waals surface area contributed by atoms with E-state index < -0.39 is 0 Å². The Labute approximate surface area is 135 Å². The third-order valence-electron chi connectivity index (χ3n) is 4.45. The molecule has 2 N–H and O–H groups in total. The number of piperazine rings is 1. The quantitative estimate of drug-likeness (QED) is 0.525. The van der Waals surface area contributed by atoms with Gasteiger partial charge in [0.15, 0.2) is 5.96 Å². The third-order valence-corrected chi connectivity index (χ3v) is 4.45. The minimum Gasteiger partial charge on any atom is -0.376 e. The molecular formula is C16H33N5O. The zero-order chi connectivity index (χ0) is 15.6. The molecule has 6 nitrogen and oxygen atoms in total. The van der Waals surface area contributed by atoms with E-state index in [0.29, 0.717) is 6.10 Å². The number of rotatable bonds is 7. The first-order chi connectivity index (χ1) is 10.8. The largest absolute Gasteiger partial charge is 0.376 e. The number of hydrogen-bond acceptors (Lipinski definition) is 4. The molecule has 0 aromatic carbocycles. The van der Waals surface area contributed by atoms with Gasteiger partial charge in [-0.2, -0.15) is 0 Å². The maximum absolute atomic E-state index is 5.63. The summed E-state index contributed by atoms with van der Waals surface area (Å²) in [6, 6.07) is 0. The van der Waals surface area contributed by atoms with Gasteiger partial charge in [0, 0.05) is 52.4 Å². The first-order valence-electron chi connectivity index (χ1n) is 8.90. The zero-order valence-corrected chi connectivity index (χ0v) is 14.3. The molecule has 0 radical (unpaired) electrons. The van der Waals surface area contributed by atoms with E-state index in [9.17, 15) is 0 Å². The van der Waals surface area contributed by atoms with Crippen LogP contribution in [0.2, 0.25) is 0 Å². The first-order valence-corrected chi connectivity index (χ1v) is 8.90. The van der Waals surface area contributed by atoms with E-state index in [0.717, 1.165) is 45.2 Å². The summed E-state index contributed by atoms with van der Waals surface area (Å²) < 4.78 is 5.63.